The van der Waals surface area contributed by atoms with Gasteiger partial charge in [0.2, 0.25) is 11.8 Å². The van der Waals surface area contributed by atoms with E-state index in [9.17, 15) is 14.4 Å². The van der Waals surface area contributed by atoms with Gasteiger partial charge in [-0.3, -0.25) is 23.7 Å². The van der Waals surface area contributed by atoms with Crippen LogP contribution in [0.5, 0.6) is 0 Å². The molecular weight excluding hydrogens is 414 g/mol. The standard InChI is InChI=1S/C22H25N3O4.CH2O2/c1-14(27)24-11-17-9-18(12-24)21(25-19(17)3-2-4-20(25)28)22(29)23-10-15-5-7-16(13-26)8-6-15;2-1-3/h2-8,17-18,21,26H,9-13H2,1H3,(H,23,29);1H,(H,2,3)/t17-,18+,21-;/m1./s1. The molecule has 170 valence electrons. The number of likely N-dealkylation sites (tertiary alicyclic amines) is 1. The molecule has 2 aliphatic heterocycles. The van der Waals surface area contributed by atoms with E-state index in [1.165, 1.54) is 6.07 Å². The van der Waals surface area contributed by atoms with E-state index in [2.05, 4.69) is 5.32 Å². The molecule has 4 rings (SSSR count). The quantitative estimate of drug-likeness (QED) is 0.604. The van der Waals surface area contributed by atoms with Gasteiger partial charge in [-0.05, 0) is 23.6 Å². The maximum Gasteiger partial charge on any atom is 0.290 e. The van der Waals surface area contributed by atoms with E-state index >= 15 is 0 Å². The second-order valence-electron chi connectivity index (χ2n) is 8.02. The largest absolute Gasteiger partial charge is 0.483 e. The van der Waals surface area contributed by atoms with Crippen LogP contribution in [-0.2, 0) is 27.5 Å². The predicted molar refractivity (Wildman–Crippen MR) is 116 cm³/mol. The molecule has 0 radical (unpaired) electrons. The zero-order chi connectivity index (χ0) is 23.3. The summed E-state index contributed by atoms with van der Waals surface area (Å²) in [6.07, 6.45) is 0.788. The molecule has 9 heteroatoms. The van der Waals surface area contributed by atoms with Gasteiger partial charge in [-0.2, -0.15) is 0 Å². The fourth-order valence-electron chi connectivity index (χ4n) is 4.58. The van der Waals surface area contributed by atoms with Gasteiger partial charge in [-0.15, -0.1) is 0 Å². The molecule has 0 aliphatic carbocycles. The van der Waals surface area contributed by atoms with Crippen LogP contribution in [0, 0.1) is 5.92 Å². The monoisotopic (exact) mass is 441 g/mol. The Morgan fingerprint density at radius 3 is 2.41 bits per heavy atom. The lowest BCUT2D eigenvalue weighted by atomic mass is 9.78. The van der Waals surface area contributed by atoms with Gasteiger partial charge in [0.1, 0.15) is 6.04 Å². The lowest BCUT2D eigenvalue weighted by molar-refractivity contribution is -0.135. The number of aliphatic hydroxyl groups excluding tert-OH is 1. The van der Waals surface area contributed by atoms with E-state index in [0.717, 1.165) is 23.2 Å². The molecule has 2 bridgehead atoms. The lowest BCUT2D eigenvalue weighted by Gasteiger charge is -2.46. The summed E-state index contributed by atoms with van der Waals surface area (Å²) in [5.74, 6) is -0.238. The summed E-state index contributed by atoms with van der Waals surface area (Å²) in [5, 5.41) is 19.0. The van der Waals surface area contributed by atoms with Gasteiger partial charge in [0, 0.05) is 50.2 Å². The molecular formula is C23H27N3O6. The topological polar surface area (TPSA) is 129 Å². The van der Waals surface area contributed by atoms with Crippen LogP contribution in [0.3, 0.4) is 0 Å². The Morgan fingerprint density at radius 1 is 1.12 bits per heavy atom. The molecule has 0 spiro atoms. The first kappa shape index (κ1) is 23.2. The molecule has 2 amide bonds. The average molecular weight is 441 g/mol. The number of amides is 2. The second kappa shape index (κ2) is 10.2. The van der Waals surface area contributed by atoms with Crippen LogP contribution in [0.4, 0.5) is 0 Å². The third-order valence-corrected chi connectivity index (χ3v) is 6.03. The molecule has 1 aromatic heterocycles. The van der Waals surface area contributed by atoms with Gasteiger partial charge in [0.15, 0.2) is 0 Å². The van der Waals surface area contributed by atoms with E-state index in [-0.39, 0.29) is 42.3 Å². The molecule has 9 nitrogen and oxygen atoms in total. The van der Waals surface area contributed by atoms with Crippen molar-refractivity contribution in [2.75, 3.05) is 13.1 Å². The molecule has 3 heterocycles. The molecule has 0 unspecified atom stereocenters. The number of nitrogens with zero attached hydrogens (tertiary/aromatic N) is 2. The Bertz CT molecular complexity index is 1030. The lowest BCUT2D eigenvalue weighted by Crippen LogP contribution is -2.54. The molecule has 32 heavy (non-hydrogen) atoms. The Hall–Kier alpha value is -3.46. The number of benzene rings is 1. The summed E-state index contributed by atoms with van der Waals surface area (Å²) in [7, 11) is 0. The van der Waals surface area contributed by atoms with Crippen molar-refractivity contribution in [2.24, 2.45) is 5.92 Å². The van der Waals surface area contributed by atoms with E-state index in [1.54, 1.807) is 22.5 Å². The second-order valence-corrected chi connectivity index (χ2v) is 8.02. The number of fused-ring (bicyclic) bond motifs is 4. The normalized spacial score (nSPS) is 20.9. The van der Waals surface area contributed by atoms with Gasteiger partial charge >= 0.3 is 0 Å². The Kier molecular flexibility index (Phi) is 7.42. The van der Waals surface area contributed by atoms with Gasteiger partial charge in [0.05, 0.1) is 6.61 Å². The van der Waals surface area contributed by atoms with Crippen LogP contribution >= 0.6 is 0 Å². The molecule has 1 saturated heterocycles. The number of aliphatic hydroxyl groups is 1. The number of pyridine rings is 1. The van der Waals surface area contributed by atoms with Crippen molar-refractivity contribution in [1.29, 1.82) is 0 Å². The molecule has 3 N–H and O–H groups in total. The number of hydrogen-bond donors (Lipinski definition) is 3. The summed E-state index contributed by atoms with van der Waals surface area (Å²) in [5.41, 5.74) is 2.37. The maximum absolute atomic E-state index is 13.2. The first-order valence-corrected chi connectivity index (χ1v) is 10.4. The fraction of sp³-hybridized carbons (Fsp3) is 0.391. The van der Waals surface area contributed by atoms with Crippen LogP contribution in [0.15, 0.2) is 47.3 Å². The summed E-state index contributed by atoms with van der Waals surface area (Å²) < 4.78 is 1.63. The average Bonchev–Trinajstić information content (AvgIpc) is 2.79. The van der Waals surface area contributed by atoms with Crippen molar-refractivity contribution in [2.45, 2.75) is 38.5 Å². The summed E-state index contributed by atoms with van der Waals surface area (Å²) in [4.78, 5) is 48.0. The Labute approximate surface area is 185 Å². The van der Waals surface area contributed by atoms with Crippen molar-refractivity contribution in [1.82, 2.24) is 14.8 Å². The van der Waals surface area contributed by atoms with E-state index in [1.807, 2.05) is 30.3 Å². The number of rotatable bonds is 4. The van der Waals surface area contributed by atoms with E-state index in [0.29, 0.717) is 19.6 Å². The van der Waals surface area contributed by atoms with Gasteiger partial charge < -0.3 is 20.4 Å². The van der Waals surface area contributed by atoms with E-state index < -0.39 is 6.04 Å². The third kappa shape index (κ3) is 4.88. The third-order valence-electron chi connectivity index (χ3n) is 6.03. The first-order chi connectivity index (χ1) is 15.4. The van der Waals surface area contributed by atoms with Crippen LogP contribution < -0.4 is 10.9 Å². The SMILES string of the molecule is CC(=O)N1C[C@H]2C[C@@H](C1)[C@H](C(=O)NCc1ccc(CO)cc1)n1c2cccc1=O.O=CO. The summed E-state index contributed by atoms with van der Waals surface area (Å²) in [6, 6.07) is 11.8. The number of piperidine rings is 1. The Morgan fingerprint density at radius 2 is 1.78 bits per heavy atom. The molecule has 2 aliphatic rings. The molecule has 3 atom stereocenters. The highest BCUT2D eigenvalue weighted by Crippen LogP contribution is 2.41. The van der Waals surface area contributed by atoms with Crippen LogP contribution in [0.1, 0.15) is 42.1 Å². The van der Waals surface area contributed by atoms with E-state index in [4.69, 9.17) is 15.0 Å². The number of carbonyl (C=O) groups is 3. The van der Waals surface area contributed by atoms with Crippen molar-refractivity contribution in [3.8, 4) is 0 Å². The minimum absolute atomic E-state index is 0.00504. The van der Waals surface area contributed by atoms with Crippen molar-refractivity contribution in [3.63, 3.8) is 0 Å². The number of carboxylic acid groups (broad SMARTS) is 1. The molecule has 2 aromatic rings. The number of nitrogens with one attached hydrogen (secondary N) is 1. The zero-order valence-electron chi connectivity index (χ0n) is 17.8. The zero-order valence-corrected chi connectivity index (χ0v) is 17.8. The number of carbonyl (C=O) groups excluding carboxylic acids is 2. The molecule has 1 fully saturated rings. The van der Waals surface area contributed by atoms with Crippen LogP contribution in [0.2, 0.25) is 0 Å². The van der Waals surface area contributed by atoms with Crippen molar-refractivity contribution < 1.29 is 24.6 Å². The van der Waals surface area contributed by atoms with Crippen LogP contribution in [0.25, 0.3) is 0 Å². The van der Waals surface area contributed by atoms with Crippen molar-refractivity contribution in [3.05, 3.63) is 69.6 Å². The highest BCUT2D eigenvalue weighted by molar-refractivity contribution is 5.81. The van der Waals surface area contributed by atoms with Crippen molar-refractivity contribution >= 4 is 18.3 Å². The Balaban J connectivity index is 0.000000913. The summed E-state index contributed by atoms with van der Waals surface area (Å²) >= 11 is 0. The smallest absolute Gasteiger partial charge is 0.290 e. The van der Waals surface area contributed by atoms with Gasteiger partial charge in [-0.1, -0.05) is 30.3 Å². The maximum atomic E-state index is 13.2. The van der Waals surface area contributed by atoms with Gasteiger partial charge in [-0.25, -0.2) is 0 Å². The fourth-order valence-corrected chi connectivity index (χ4v) is 4.58. The summed E-state index contributed by atoms with van der Waals surface area (Å²) in [6.45, 7) is 2.68. The van der Waals surface area contributed by atoms with Gasteiger partial charge in [0.25, 0.3) is 12.0 Å². The minimum atomic E-state index is -0.631. The van der Waals surface area contributed by atoms with Crippen LogP contribution in [-0.4, -0.2) is 51.1 Å². The minimum Gasteiger partial charge on any atom is -0.483 e. The predicted octanol–water partition coefficient (Wildman–Crippen LogP) is 0.864. The number of hydrogen-bond acceptors (Lipinski definition) is 5. The highest BCUT2D eigenvalue weighted by atomic mass is 16.3. The molecule has 1 aromatic carbocycles. The highest BCUT2D eigenvalue weighted by Gasteiger charge is 2.44. The molecule has 0 saturated carbocycles. The first-order valence-electron chi connectivity index (χ1n) is 10.4. The number of aromatic nitrogens is 1.